The number of rotatable bonds is 3. The molecule has 1 aliphatic rings. The number of carboxylic acid groups (broad SMARTS) is 1. The van der Waals surface area contributed by atoms with Gasteiger partial charge >= 0.3 is 5.97 Å². The number of carboxylic acids is 1. The van der Waals surface area contributed by atoms with E-state index in [2.05, 4.69) is 5.32 Å². The number of carbonyl (C=O) groups is 2. The largest absolute Gasteiger partial charge is 0.481 e. The van der Waals surface area contributed by atoms with Crippen LogP contribution in [0, 0.1) is 11.7 Å². The standard InChI is InChI=1S/C13H13ClFNO3/c14-9-5-4-7(6-10(9)15)12(17)16-11-3-1-2-8(11)13(18)19/h4-6,8,11H,1-3H2,(H,16,17)(H,18,19)/t8-,11+/m1/s1. The van der Waals surface area contributed by atoms with Gasteiger partial charge in [-0.3, -0.25) is 9.59 Å². The monoisotopic (exact) mass is 285 g/mol. The summed E-state index contributed by atoms with van der Waals surface area (Å²) in [5, 5.41) is 11.6. The Hall–Kier alpha value is -1.62. The Morgan fingerprint density at radius 3 is 2.74 bits per heavy atom. The molecule has 1 saturated carbocycles. The zero-order valence-electron chi connectivity index (χ0n) is 10.0. The van der Waals surface area contributed by atoms with Crippen LogP contribution >= 0.6 is 11.6 Å². The van der Waals surface area contributed by atoms with Gasteiger partial charge in [-0.25, -0.2) is 4.39 Å². The van der Waals surface area contributed by atoms with Crippen LogP contribution in [0.5, 0.6) is 0 Å². The molecule has 2 rings (SSSR count). The van der Waals surface area contributed by atoms with Crippen molar-refractivity contribution in [3.63, 3.8) is 0 Å². The number of nitrogens with one attached hydrogen (secondary N) is 1. The van der Waals surface area contributed by atoms with Gasteiger partial charge in [0.05, 0.1) is 10.9 Å². The van der Waals surface area contributed by atoms with Crippen molar-refractivity contribution in [2.45, 2.75) is 25.3 Å². The zero-order chi connectivity index (χ0) is 14.0. The molecule has 4 nitrogen and oxygen atoms in total. The van der Waals surface area contributed by atoms with Gasteiger partial charge in [-0.1, -0.05) is 18.0 Å². The van der Waals surface area contributed by atoms with Crippen molar-refractivity contribution < 1.29 is 19.1 Å². The first-order chi connectivity index (χ1) is 8.99. The molecular formula is C13H13ClFNO3. The quantitative estimate of drug-likeness (QED) is 0.896. The first-order valence-electron chi connectivity index (χ1n) is 5.98. The van der Waals surface area contributed by atoms with Crippen LogP contribution in [0.15, 0.2) is 18.2 Å². The third kappa shape index (κ3) is 3.04. The lowest BCUT2D eigenvalue weighted by Crippen LogP contribution is -2.40. The molecule has 6 heteroatoms. The minimum absolute atomic E-state index is 0.0548. The summed E-state index contributed by atoms with van der Waals surface area (Å²) >= 11 is 5.54. The number of halogens is 2. The molecule has 0 aliphatic heterocycles. The lowest BCUT2D eigenvalue weighted by Gasteiger charge is -2.17. The van der Waals surface area contributed by atoms with E-state index in [9.17, 15) is 14.0 Å². The fourth-order valence-corrected chi connectivity index (χ4v) is 2.44. The van der Waals surface area contributed by atoms with Crippen LogP contribution in [0.25, 0.3) is 0 Å². The summed E-state index contributed by atoms with van der Waals surface area (Å²) in [6.07, 6.45) is 1.94. The molecule has 1 fully saturated rings. The topological polar surface area (TPSA) is 66.4 Å². The molecule has 0 heterocycles. The maximum atomic E-state index is 13.3. The molecule has 19 heavy (non-hydrogen) atoms. The molecule has 0 radical (unpaired) electrons. The van der Waals surface area contributed by atoms with Crippen molar-refractivity contribution in [1.82, 2.24) is 5.32 Å². The number of benzene rings is 1. The van der Waals surface area contributed by atoms with E-state index in [1.165, 1.54) is 12.1 Å². The van der Waals surface area contributed by atoms with Gasteiger partial charge in [-0.05, 0) is 31.0 Å². The minimum Gasteiger partial charge on any atom is -0.481 e. The Labute approximate surface area is 114 Å². The van der Waals surface area contributed by atoms with E-state index in [0.717, 1.165) is 12.5 Å². The molecule has 102 valence electrons. The maximum absolute atomic E-state index is 13.3. The zero-order valence-corrected chi connectivity index (χ0v) is 10.8. The SMILES string of the molecule is O=C(N[C@H]1CCC[C@H]1C(=O)O)c1ccc(Cl)c(F)c1. The first-order valence-corrected chi connectivity index (χ1v) is 6.35. The number of aliphatic carboxylic acids is 1. The second-order valence-electron chi connectivity index (χ2n) is 4.58. The average molecular weight is 286 g/mol. The molecule has 0 unspecified atom stereocenters. The van der Waals surface area contributed by atoms with E-state index in [-0.39, 0.29) is 10.6 Å². The van der Waals surface area contributed by atoms with Crippen LogP contribution in [0.2, 0.25) is 5.02 Å². The van der Waals surface area contributed by atoms with Gasteiger partial charge in [0.2, 0.25) is 0 Å². The van der Waals surface area contributed by atoms with Crippen LogP contribution in [0.4, 0.5) is 4.39 Å². The number of carbonyl (C=O) groups excluding carboxylic acids is 1. The van der Waals surface area contributed by atoms with E-state index in [1.807, 2.05) is 0 Å². The lowest BCUT2D eigenvalue weighted by molar-refractivity contribution is -0.142. The van der Waals surface area contributed by atoms with Crippen molar-refractivity contribution in [2.24, 2.45) is 5.92 Å². The predicted molar refractivity (Wildman–Crippen MR) is 67.6 cm³/mol. The third-order valence-corrected chi connectivity index (χ3v) is 3.64. The summed E-state index contributed by atoms with van der Waals surface area (Å²) in [7, 11) is 0. The Bertz CT molecular complexity index is 521. The van der Waals surface area contributed by atoms with Gasteiger partial charge in [0.1, 0.15) is 5.82 Å². The van der Waals surface area contributed by atoms with Crippen LogP contribution in [-0.4, -0.2) is 23.0 Å². The summed E-state index contributed by atoms with van der Waals surface area (Å²) in [5.41, 5.74) is 0.137. The number of hydrogen-bond donors (Lipinski definition) is 2. The molecule has 0 saturated heterocycles. The predicted octanol–water partition coefficient (Wildman–Crippen LogP) is 2.46. The van der Waals surface area contributed by atoms with E-state index in [1.54, 1.807) is 0 Å². The first kappa shape index (κ1) is 13.8. The second-order valence-corrected chi connectivity index (χ2v) is 4.99. The fourth-order valence-electron chi connectivity index (χ4n) is 2.32. The Morgan fingerprint density at radius 1 is 1.37 bits per heavy atom. The van der Waals surface area contributed by atoms with Crippen molar-refractivity contribution in [1.29, 1.82) is 0 Å². The molecule has 1 amide bonds. The smallest absolute Gasteiger partial charge is 0.308 e. The normalized spacial score (nSPS) is 22.2. The average Bonchev–Trinajstić information content (AvgIpc) is 2.80. The Morgan fingerprint density at radius 2 is 2.11 bits per heavy atom. The molecule has 0 spiro atoms. The molecule has 1 aromatic rings. The van der Waals surface area contributed by atoms with Crippen molar-refractivity contribution in [2.75, 3.05) is 0 Å². The number of amides is 1. The Balaban J connectivity index is 2.08. The summed E-state index contributed by atoms with van der Waals surface area (Å²) in [6.45, 7) is 0. The second kappa shape index (κ2) is 5.57. The molecular weight excluding hydrogens is 273 g/mol. The van der Waals surface area contributed by atoms with E-state index < -0.39 is 29.7 Å². The molecule has 0 bridgehead atoms. The third-order valence-electron chi connectivity index (χ3n) is 3.33. The highest BCUT2D eigenvalue weighted by Gasteiger charge is 2.34. The highest BCUT2D eigenvalue weighted by Crippen LogP contribution is 2.26. The summed E-state index contributed by atoms with van der Waals surface area (Å²) in [4.78, 5) is 22.9. The highest BCUT2D eigenvalue weighted by molar-refractivity contribution is 6.30. The Kier molecular flexibility index (Phi) is 4.04. The van der Waals surface area contributed by atoms with Gasteiger partial charge in [-0.2, -0.15) is 0 Å². The van der Waals surface area contributed by atoms with Crippen LogP contribution in [0.1, 0.15) is 29.6 Å². The van der Waals surface area contributed by atoms with Gasteiger partial charge in [0, 0.05) is 11.6 Å². The van der Waals surface area contributed by atoms with Gasteiger partial charge in [0.15, 0.2) is 0 Å². The van der Waals surface area contributed by atoms with Crippen molar-refractivity contribution in [3.05, 3.63) is 34.6 Å². The molecule has 2 atom stereocenters. The van der Waals surface area contributed by atoms with Crippen molar-refractivity contribution in [3.8, 4) is 0 Å². The van der Waals surface area contributed by atoms with Crippen LogP contribution in [0.3, 0.4) is 0 Å². The van der Waals surface area contributed by atoms with E-state index in [4.69, 9.17) is 16.7 Å². The minimum atomic E-state index is -0.912. The maximum Gasteiger partial charge on any atom is 0.308 e. The molecule has 0 aromatic heterocycles. The van der Waals surface area contributed by atoms with Gasteiger partial charge in [0.25, 0.3) is 5.91 Å². The van der Waals surface area contributed by atoms with Gasteiger partial charge < -0.3 is 10.4 Å². The fraction of sp³-hybridized carbons (Fsp3) is 0.385. The summed E-state index contributed by atoms with van der Waals surface area (Å²) in [6, 6.07) is 3.35. The lowest BCUT2D eigenvalue weighted by atomic mass is 10.0. The van der Waals surface area contributed by atoms with Gasteiger partial charge in [-0.15, -0.1) is 0 Å². The molecule has 2 N–H and O–H groups in total. The van der Waals surface area contributed by atoms with E-state index >= 15 is 0 Å². The van der Waals surface area contributed by atoms with Crippen LogP contribution < -0.4 is 5.32 Å². The molecule has 1 aromatic carbocycles. The summed E-state index contributed by atoms with van der Waals surface area (Å²) < 4.78 is 13.3. The van der Waals surface area contributed by atoms with Crippen LogP contribution in [-0.2, 0) is 4.79 Å². The summed E-state index contributed by atoms with van der Waals surface area (Å²) in [5.74, 6) is -2.63. The number of hydrogen-bond acceptors (Lipinski definition) is 2. The van der Waals surface area contributed by atoms with Crippen molar-refractivity contribution >= 4 is 23.5 Å². The highest BCUT2D eigenvalue weighted by atomic mass is 35.5. The molecule has 1 aliphatic carbocycles. The van der Waals surface area contributed by atoms with E-state index in [0.29, 0.717) is 12.8 Å².